The normalized spacial score (nSPS) is 12.9. The minimum Gasteiger partial charge on any atom is -0.292 e. The fourth-order valence-corrected chi connectivity index (χ4v) is 1.95. The fraction of sp³-hybridized carbons (Fsp3) is 0.444. The average Bonchev–Trinajstić information content (AvgIpc) is 2.49. The third-order valence-corrected chi connectivity index (χ3v) is 3.15. The Balaban J connectivity index is 2.78. The first-order valence-corrected chi connectivity index (χ1v) is 5.15. The van der Waals surface area contributed by atoms with Crippen molar-refractivity contribution in [3.05, 3.63) is 21.9 Å². The van der Waals surface area contributed by atoms with Gasteiger partial charge >= 0.3 is 0 Å². The molecule has 1 unspecified atom stereocenters. The molecule has 0 aromatic carbocycles. The first kappa shape index (κ1) is 9.75. The summed E-state index contributed by atoms with van der Waals surface area (Å²) in [6, 6.07) is 3.78. The Bertz CT molecular complexity index is 280. The number of carbonyl (C=O) groups excluding carboxylic acids is 1. The van der Waals surface area contributed by atoms with Gasteiger partial charge < -0.3 is 0 Å². The Morgan fingerprint density at radius 3 is 2.75 bits per heavy atom. The van der Waals surface area contributed by atoms with Crippen molar-refractivity contribution in [3.8, 4) is 0 Å². The molecule has 12 heavy (non-hydrogen) atoms. The number of ketones is 1. The van der Waals surface area contributed by atoms with Crippen LogP contribution in [0, 0.1) is 6.92 Å². The molecule has 0 radical (unpaired) electrons. The first-order chi connectivity index (χ1) is 5.65. The molecule has 0 N–H and O–H groups in total. The van der Waals surface area contributed by atoms with Crippen LogP contribution in [0.15, 0.2) is 12.1 Å². The van der Waals surface area contributed by atoms with Gasteiger partial charge in [0.1, 0.15) is 0 Å². The van der Waals surface area contributed by atoms with Crippen molar-refractivity contribution in [2.45, 2.75) is 25.6 Å². The third-order valence-electron chi connectivity index (χ3n) is 1.63. The van der Waals surface area contributed by atoms with Crippen LogP contribution < -0.4 is 0 Å². The van der Waals surface area contributed by atoms with Crippen LogP contribution in [0.5, 0.6) is 0 Å². The number of aryl methyl sites for hydroxylation is 1. The van der Waals surface area contributed by atoms with Gasteiger partial charge in [-0.15, -0.1) is 22.9 Å². The lowest BCUT2D eigenvalue weighted by molar-refractivity contribution is 0.0989. The van der Waals surface area contributed by atoms with E-state index in [-0.39, 0.29) is 11.2 Å². The van der Waals surface area contributed by atoms with Crippen LogP contribution in [-0.2, 0) is 0 Å². The monoisotopic (exact) mass is 202 g/mol. The summed E-state index contributed by atoms with van der Waals surface area (Å²) >= 11 is 7.32. The van der Waals surface area contributed by atoms with Crippen molar-refractivity contribution >= 4 is 28.7 Å². The van der Waals surface area contributed by atoms with Crippen molar-refractivity contribution in [1.82, 2.24) is 0 Å². The highest BCUT2D eigenvalue weighted by Gasteiger charge is 2.16. The van der Waals surface area contributed by atoms with E-state index in [0.29, 0.717) is 6.42 Å². The van der Waals surface area contributed by atoms with E-state index in [1.807, 2.05) is 26.0 Å². The maximum Gasteiger partial charge on any atom is 0.190 e. The predicted molar refractivity (Wildman–Crippen MR) is 53.3 cm³/mol. The molecule has 0 spiro atoms. The molecule has 66 valence electrons. The van der Waals surface area contributed by atoms with E-state index in [4.69, 9.17) is 11.6 Å². The Labute approximate surface area is 81.4 Å². The summed E-state index contributed by atoms with van der Waals surface area (Å²) in [5, 5.41) is -0.358. The van der Waals surface area contributed by atoms with E-state index >= 15 is 0 Å². The van der Waals surface area contributed by atoms with Crippen molar-refractivity contribution in [2.75, 3.05) is 0 Å². The van der Waals surface area contributed by atoms with Crippen LogP contribution in [0.1, 0.15) is 27.9 Å². The molecule has 1 rings (SSSR count). The van der Waals surface area contributed by atoms with Crippen LogP contribution in [0.4, 0.5) is 0 Å². The van der Waals surface area contributed by atoms with Crippen LogP contribution in [-0.4, -0.2) is 11.2 Å². The molecule has 0 aliphatic heterocycles. The van der Waals surface area contributed by atoms with Gasteiger partial charge in [-0.05, 0) is 25.5 Å². The molecule has 0 amide bonds. The van der Waals surface area contributed by atoms with Crippen LogP contribution in [0.25, 0.3) is 0 Å². The molecular formula is C9H11ClOS. The van der Waals surface area contributed by atoms with Crippen LogP contribution in [0.3, 0.4) is 0 Å². The van der Waals surface area contributed by atoms with Crippen molar-refractivity contribution in [3.63, 3.8) is 0 Å². The van der Waals surface area contributed by atoms with Gasteiger partial charge in [-0.25, -0.2) is 0 Å². The number of Topliss-reactive ketones (excluding diaryl/α,β-unsaturated/α-hetero) is 1. The van der Waals surface area contributed by atoms with E-state index in [0.717, 1.165) is 9.75 Å². The number of rotatable bonds is 3. The molecule has 1 aromatic heterocycles. The summed E-state index contributed by atoms with van der Waals surface area (Å²) in [7, 11) is 0. The first-order valence-electron chi connectivity index (χ1n) is 3.90. The van der Waals surface area contributed by atoms with Crippen LogP contribution >= 0.6 is 22.9 Å². The minimum atomic E-state index is -0.358. The van der Waals surface area contributed by atoms with Gasteiger partial charge in [-0.1, -0.05) is 6.92 Å². The number of hydrogen-bond acceptors (Lipinski definition) is 2. The second-order valence-corrected chi connectivity index (χ2v) is 4.47. The second kappa shape index (κ2) is 4.06. The van der Waals surface area contributed by atoms with E-state index < -0.39 is 0 Å². The Hall–Kier alpha value is -0.340. The second-order valence-electron chi connectivity index (χ2n) is 2.65. The fourth-order valence-electron chi connectivity index (χ4n) is 0.907. The van der Waals surface area contributed by atoms with Gasteiger partial charge in [0.15, 0.2) is 5.78 Å². The molecule has 0 aliphatic rings. The summed E-state index contributed by atoms with van der Waals surface area (Å²) in [6.07, 6.45) is 0.692. The Kier molecular flexibility index (Phi) is 3.29. The van der Waals surface area contributed by atoms with Gasteiger partial charge in [0.2, 0.25) is 0 Å². The van der Waals surface area contributed by atoms with Gasteiger partial charge in [-0.3, -0.25) is 4.79 Å². The highest BCUT2D eigenvalue weighted by atomic mass is 35.5. The number of thiophene rings is 1. The Morgan fingerprint density at radius 2 is 2.33 bits per heavy atom. The third kappa shape index (κ3) is 2.08. The summed E-state index contributed by atoms with van der Waals surface area (Å²) in [5.41, 5.74) is 0. The summed E-state index contributed by atoms with van der Waals surface area (Å²) in [4.78, 5) is 13.4. The van der Waals surface area contributed by atoms with E-state index in [2.05, 4.69) is 0 Å². The zero-order valence-corrected chi connectivity index (χ0v) is 8.71. The lowest BCUT2D eigenvalue weighted by Gasteiger charge is -2.01. The molecular weight excluding hydrogens is 192 g/mol. The van der Waals surface area contributed by atoms with Gasteiger partial charge in [0.25, 0.3) is 0 Å². The molecule has 1 nitrogen and oxygen atoms in total. The van der Waals surface area contributed by atoms with Gasteiger partial charge in [0.05, 0.1) is 10.3 Å². The summed E-state index contributed by atoms with van der Waals surface area (Å²) in [5.74, 6) is 0.0530. The van der Waals surface area contributed by atoms with Crippen molar-refractivity contribution < 1.29 is 4.79 Å². The maximum absolute atomic E-state index is 11.5. The zero-order chi connectivity index (χ0) is 9.14. The standard InChI is InChI=1S/C9H11ClOS/c1-3-7(10)9(11)8-5-4-6(2)12-8/h4-5,7H,3H2,1-2H3. The Morgan fingerprint density at radius 1 is 1.67 bits per heavy atom. The number of alkyl halides is 1. The SMILES string of the molecule is CCC(Cl)C(=O)c1ccc(C)s1. The van der Waals surface area contributed by atoms with E-state index in [1.165, 1.54) is 11.3 Å². The quantitative estimate of drug-likeness (QED) is 0.543. The van der Waals surface area contributed by atoms with Gasteiger partial charge in [-0.2, -0.15) is 0 Å². The number of carbonyl (C=O) groups is 1. The molecule has 0 fully saturated rings. The number of halogens is 1. The molecule has 0 saturated heterocycles. The van der Waals surface area contributed by atoms with E-state index in [1.54, 1.807) is 0 Å². The molecule has 1 atom stereocenters. The largest absolute Gasteiger partial charge is 0.292 e. The topological polar surface area (TPSA) is 17.1 Å². The molecule has 3 heteroatoms. The summed E-state index contributed by atoms with van der Waals surface area (Å²) in [6.45, 7) is 3.90. The van der Waals surface area contributed by atoms with Gasteiger partial charge in [0, 0.05) is 4.88 Å². The highest BCUT2D eigenvalue weighted by Crippen LogP contribution is 2.19. The minimum absolute atomic E-state index is 0.0530. The number of hydrogen-bond donors (Lipinski definition) is 0. The highest BCUT2D eigenvalue weighted by molar-refractivity contribution is 7.14. The average molecular weight is 203 g/mol. The lowest BCUT2D eigenvalue weighted by atomic mass is 10.2. The smallest absolute Gasteiger partial charge is 0.190 e. The summed E-state index contributed by atoms with van der Waals surface area (Å²) < 4.78 is 0. The molecule has 0 aliphatic carbocycles. The van der Waals surface area contributed by atoms with Crippen molar-refractivity contribution in [1.29, 1.82) is 0 Å². The van der Waals surface area contributed by atoms with E-state index in [9.17, 15) is 4.79 Å². The molecule has 0 saturated carbocycles. The molecule has 1 aromatic rings. The van der Waals surface area contributed by atoms with Crippen molar-refractivity contribution in [2.24, 2.45) is 0 Å². The molecule has 0 bridgehead atoms. The predicted octanol–water partition coefficient (Wildman–Crippen LogP) is 3.26. The zero-order valence-electron chi connectivity index (χ0n) is 7.13. The van der Waals surface area contributed by atoms with Crippen LogP contribution in [0.2, 0.25) is 0 Å². The lowest BCUT2D eigenvalue weighted by Crippen LogP contribution is -2.11. The maximum atomic E-state index is 11.5. The molecule has 1 heterocycles.